The molecule has 2 heterocycles. The Labute approximate surface area is 192 Å². The summed E-state index contributed by atoms with van der Waals surface area (Å²) in [6.07, 6.45) is 0.950. The summed E-state index contributed by atoms with van der Waals surface area (Å²) >= 11 is 0. The number of rotatable bonds is 6. The summed E-state index contributed by atoms with van der Waals surface area (Å²) in [7, 11) is -3.88. The smallest absolute Gasteiger partial charge is 0.376 e. The van der Waals surface area contributed by atoms with Crippen molar-refractivity contribution in [2.75, 3.05) is 26.2 Å². The highest BCUT2D eigenvalue weighted by Crippen LogP contribution is 2.48. The molecule has 2 atom stereocenters. The third-order valence-corrected chi connectivity index (χ3v) is 8.91. The zero-order valence-electron chi connectivity index (χ0n) is 18.6. The molecule has 1 N–H and O–H groups in total. The number of pyridine rings is 1. The molecule has 0 spiro atoms. The maximum absolute atomic E-state index is 13.2. The van der Waals surface area contributed by atoms with Crippen LogP contribution in [0.5, 0.6) is 0 Å². The van der Waals surface area contributed by atoms with E-state index in [2.05, 4.69) is 16.0 Å². The van der Waals surface area contributed by atoms with Crippen LogP contribution in [0.1, 0.15) is 37.8 Å². The van der Waals surface area contributed by atoms with Gasteiger partial charge in [0.25, 0.3) is 0 Å². The van der Waals surface area contributed by atoms with Crippen LogP contribution in [0.25, 0.3) is 0 Å². The molecule has 2 fully saturated rings. The molecule has 1 aromatic heterocycles. The number of aliphatic hydroxyl groups is 1. The first kappa shape index (κ1) is 24.1. The largest absolute Gasteiger partial charge is 0.421 e. The van der Waals surface area contributed by atoms with Crippen molar-refractivity contribution in [2.45, 2.75) is 54.8 Å². The molecule has 0 bridgehead atoms. The van der Waals surface area contributed by atoms with Gasteiger partial charge < -0.3 is 5.11 Å². The van der Waals surface area contributed by atoms with Crippen molar-refractivity contribution < 1.29 is 26.7 Å². The van der Waals surface area contributed by atoms with Crippen molar-refractivity contribution in [3.63, 3.8) is 0 Å². The first-order valence-corrected chi connectivity index (χ1v) is 12.4. The van der Waals surface area contributed by atoms with Crippen molar-refractivity contribution in [3.8, 4) is 0 Å². The minimum atomic E-state index is -4.87. The second-order valence-corrected chi connectivity index (χ2v) is 11.2. The molecular weight excluding hydrogens is 455 g/mol. The van der Waals surface area contributed by atoms with Gasteiger partial charge in [0.1, 0.15) is 0 Å². The molecule has 1 saturated heterocycles. The van der Waals surface area contributed by atoms with Gasteiger partial charge in [-0.3, -0.25) is 9.88 Å². The zero-order valence-corrected chi connectivity index (χ0v) is 19.4. The molecule has 2 aliphatic rings. The lowest BCUT2D eigenvalue weighted by Crippen LogP contribution is -2.55. The average molecular weight is 484 g/mol. The number of nitrogens with zero attached hydrogens (tertiary/aromatic N) is 3. The Morgan fingerprint density at radius 3 is 2.33 bits per heavy atom. The van der Waals surface area contributed by atoms with E-state index in [1.54, 1.807) is 6.20 Å². The van der Waals surface area contributed by atoms with Gasteiger partial charge in [-0.25, -0.2) is 8.42 Å². The fourth-order valence-electron chi connectivity index (χ4n) is 4.56. The molecule has 0 amide bonds. The van der Waals surface area contributed by atoms with Crippen molar-refractivity contribution in [3.05, 3.63) is 59.9 Å². The third kappa shape index (κ3) is 4.53. The van der Waals surface area contributed by atoms with Gasteiger partial charge in [-0.2, -0.15) is 17.5 Å². The Balaban J connectivity index is 1.45. The molecule has 1 aliphatic heterocycles. The zero-order chi connectivity index (χ0) is 24.1. The Hall–Kier alpha value is -2.01. The summed E-state index contributed by atoms with van der Waals surface area (Å²) in [5.41, 5.74) is -2.17. The highest BCUT2D eigenvalue weighted by molar-refractivity contribution is 7.89. The molecule has 6 nitrogen and oxygen atoms in total. The molecule has 4 rings (SSSR count). The molecule has 1 aliphatic carbocycles. The number of hydrogen-bond acceptors (Lipinski definition) is 5. The van der Waals surface area contributed by atoms with Crippen molar-refractivity contribution >= 4 is 10.0 Å². The van der Waals surface area contributed by atoms with Gasteiger partial charge in [-0.05, 0) is 56.0 Å². The maximum atomic E-state index is 13.2. The first-order valence-electron chi connectivity index (χ1n) is 10.9. The van der Waals surface area contributed by atoms with E-state index in [0.29, 0.717) is 26.6 Å². The van der Waals surface area contributed by atoms with Crippen LogP contribution in [0, 0.1) is 0 Å². The number of sulfonamides is 1. The number of alkyl halides is 3. The van der Waals surface area contributed by atoms with Crippen LogP contribution in [0.2, 0.25) is 0 Å². The van der Waals surface area contributed by atoms with Gasteiger partial charge in [0, 0.05) is 50.0 Å². The fourth-order valence-corrected chi connectivity index (χ4v) is 6.17. The van der Waals surface area contributed by atoms with Crippen LogP contribution >= 0.6 is 0 Å². The SMILES string of the molecule is C[C@@H]1CN(CC2(c3cccnc3)CC2)CCN1S(=O)(=O)c1ccc(C(C)(O)C(F)(F)F)cc1. The van der Waals surface area contributed by atoms with Gasteiger partial charge in [-0.1, -0.05) is 18.2 Å². The van der Waals surface area contributed by atoms with E-state index < -0.39 is 27.4 Å². The average Bonchev–Trinajstić information content (AvgIpc) is 3.54. The molecule has 0 radical (unpaired) electrons. The topological polar surface area (TPSA) is 73.7 Å². The summed E-state index contributed by atoms with van der Waals surface area (Å²) in [6, 6.07) is 8.03. The van der Waals surface area contributed by atoms with E-state index in [0.717, 1.165) is 43.7 Å². The summed E-state index contributed by atoms with van der Waals surface area (Å²) in [5, 5.41) is 9.82. The molecule has 10 heteroatoms. The normalized spacial score (nSPS) is 23.8. The highest BCUT2D eigenvalue weighted by Gasteiger charge is 2.51. The van der Waals surface area contributed by atoms with Gasteiger partial charge in [-0.15, -0.1) is 0 Å². The fraction of sp³-hybridized carbons (Fsp3) is 0.522. The second-order valence-electron chi connectivity index (χ2n) is 9.32. The van der Waals surface area contributed by atoms with E-state index in [1.165, 1.54) is 9.87 Å². The summed E-state index contributed by atoms with van der Waals surface area (Å²) in [6.45, 7) is 4.79. The maximum Gasteiger partial charge on any atom is 0.421 e. The molecule has 180 valence electrons. The number of halogens is 3. The van der Waals surface area contributed by atoms with Crippen LogP contribution < -0.4 is 0 Å². The molecule has 33 heavy (non-hydrogen) atoms. The lowest BCUT2D eigenvalue weighted by molar-refractivity contribution is -0.258. The Bertz CT molecular complexity index is 1090. The number of hydrogen-bond donors (Lipinski definition) is 1. The first-order chi connectivity index (χ1) is 15.4. The quantitative estimate of drug-likeness (QED) is 0.683. The lowest BCUT2D eigenvalue weighted by Gasteiger charge is -2.40. The van der Waals surface area contributed by atoms with Crippen LogP contribution in [0.4, 0.5) is 13.2 Å². The molecule has 1 aromatic carbocycles. The van der Waals surface area contributed by atoms with Gasteiger partial charge >= 0.3 is 6.18 Å². The molecule has 1 saturated carbocycles. The predicted molar refractivity (Wildman–Crippen MR) is 117 cm³/mol. The number of aromatic nitrogens is 1. The Kier molecular flexibility index (Phi) is 6.09. The van der Waals surface area contributed by atoms with Crippen molar-refractivity contribution in [1.82, 2.24) is 14.2 Å². The van der Waals surface area contributed by atoms with Gasteiger partial charge in [0.15, 0.2) is 5.60 Å². The summed E-state index contributed by atoms with van der Waals surface area (Å²) in [5.74, 6) is 0. The van der Waals surface area contributed by atoms with Crippen molar-refractivity contribution in [1.29, 1.82) is 0 Å². The Morgan fingerprint density at radius 2 is 1.82 bits per heavy atom. The van der Waals surface area contributed by atoms with E-state index in [1.807, 2.05) is 19.2 Å². The van der Waals surface area contributed by atoms with E-state index >= 15 is 0 Å². The van der Waals surface area contributed by atoms with Crippen molar-refractivity contribution in [2.24, 2.45) is 0 Å². The highest BCUT2D eigenvalue weighted by atomic mass is 32.2. The standard InChI is InChI=1S/C23H28F3N3O3S/c1-17-15-28(16-22(9-10-22)19-4-3-11-27-14-19)12-13-29(17)33(31,32)20-7-5-18(6-8-20)21(2,30)23(24,25)26/h3-8,11,14,17,30H,9-10,12-13,15-16H2,1-2H3/t17-,21?/m1/s1. The number of benzene rings is 1. The van der Waals surface area contributed by atoms with Crippen LogP contribution in [-0.4, -0.2) is 66.1 Å². The number of piperazine rings is 1. The predicted octanol–water partition coefficient (Wildman–Crippen LogP) is 3.28. The minimum absolute atomic E-state index is 0.0836. The van der Waals surface area contributed by atoms with Gasteiger partial charge in [0.05, 0.1) is 4.90 Å². The van der Waals surface area contributed by atoms with E-state index in [9.17, 15) is 26.7 Å². The van der Waals surface area contributed by atoms with E-state index in [-0.39, 0.29) is 16.4 Å². The summed E-state index contributed by atoms with van der Waals surface area (Å²) < 4.78 is 67.0. The lowest BCUT2D eigenvalue weighted by atomic mass is 9.96. The van der Waals surface area contributed by atoms with E-state index in [4.69, 9.17) is 0 Å². The minimum Gasteiger partial charge on any atom is -0.376 e. The third-order valence-electron chi connectivity index (χ3n) is 6.88. The molecular formula is C23H28F3N3O3S. The van der Waals surface area contributed by atoms with Crippen LogP contribution in [-0.2, 0) is 21.0 Å². The van der Waals surface area contributed by atoms with Crippen LogP contribution in [0.15, 0.2) is 53.7 Å². The van der Waals surface area contributed by atoms with Crippen LogP contribution in [0.3, 0.4) is 0 Å². The molecule has 2 aromatic rings. The second kappa shape index (κ2) is 8.33. The monoisotopic (exact) mass is 483 g/mol. The summed E-state index contributed by atoms with van der Waals surface area (Å²) in [4.78, 5) is 6.42. The Morgan fingerprint density at radius 1 is 1.15 bits per heavy atom. The molecule has 1 unspecified atom stereocenters. The van der Waals surface area contributed by atoms with Gasteiger partial charge in [0.2, 0.25) is 10.0 Å².